The molecule has 0 amide bonds. The third kappa shape index (κ3) is 3.55. The molecule has 0 fully saturated rings. The van der Waals surface area contributed by atoms with Crippen LogP contribution in [-0.4, -0.2) is 26.9 Å². The van der Waals surface area contributed by atoms with E-state index in [-0.39, 0.29) is 22.6 Å². The minimum absolute atomic E-state index is 0.130. The van der Waals surface area contributed by atoms with Gasteiger partial charge in [0.05, 0.1) is 17.0 Å². The van der Waals surface area contributed by atoms with Gasteiger partial charge in [0.1, 0.15) is 11.6 Å². The number of rotatable bonds is 6. The number of hydrogen-bond acceptors (Lipinski definition) is 6. The van der Waals surface area contributed by atoms with Crippen LogP contribution in [0, 0.1) is 18.6 Å². The number of benzene rings is 1. The van der Waals surface area contributed by atoms with E-state index < -0.39 is 11.6 Å². The maximum Gasteiger partial charge on any atom is 0.315 e. The zero-order valence-electron chi connectivity index (χ0n) is 17.4. The lowest BCUT2D eigenvalue weighted by atomic mass is 9.67. The molecule has 6 nitrogen and oxygen atoms in total. The molecule has 2 unspecified atom stereocenters. The number of anilines is 1. The average molecular weight is 413 g/mol. The van der Waals surface area contributed by atoms with Crippen molar-refractivity contribution in [2.24, 2.45) is 0 Å². The van der Waals surface area contributed by atoms with Crippen LogP contribution >= 0.6 is 0 Å². The molecule has 30 heavy (non-hydrogen) atoms. The predicted molar refractivity (Wildman–Crippen MR) is 109 cm³/mol. The van der Waals surface area contributed by atoms with Crippen molar-refractivity contribution < 1.29 is 13.2 Å². The first kappa shape index (κ1) is 20.4. The minimum Gasteiger partial charge on any atom is -0.408 e. The molecule has 1 aliphatic rings. The van der Waals surface area contributed by atoms with E-state index in [0.717, 1.165) is 36.9 Å². The van der Waals surface area contributed by atoms with Gasteiger partial charge in [-0.05, 0) is 55.4 Å². The third-order valence-corrected chi connectivity index (χ3v) is 6.23. The molecule has 0 bridgehead atoms. The van der Waals surface area contributed by atoms with Crippen molar-refractivity contribution in [1.82, 2.24) is 20.4 Å². The lowest BCUT2D eigenvalue weighted by molar-refractivity contribution is 0.320. The average Bonchev–Trinajstić information content (AvgIpc) is 3.17. The van der Waals surface area contributed by atoms with Crippen LogP contribution in [0.3, 0.4) is 0 Å². The summed E-state index contributed by atoms with van der Waals surface area (Å²) < 4.78 is 34.1. The van der Waals surface area contributed by atoms with Gasteiger partial charge in [0.25, 0.3) is 0 Å². The Morgan fingerprint density at radius 2 is 1.90 bits per heavy atom. The first-order valence-corrected chi connectivity index (χ1v) is 10.3. The summed E-state index contributed by atoms with van der Waals surface area (Å²) in [6.45, 7) is 6.54. The molecule has 0 radical (unpaired) electrons. The van der Waals surface area contributed by atoms with E-state index in [1.165, 1.54) is 18.2 Å². The lowest BCUT2D eigenvalue weighted by Gasteiger charge is -2.40. The second kappa shape index (κ2) is 8.08. The summed E-state index contributed by atoms with van der Waals surface area (Å²) in [6.07, 6.45) is 3.65. The summed E-state index contributed by atoms with van der Waals surface area (Å²) in [5, 5.41) is 19.9. The highest BCUT2D eigenvalue weighted by Gasteiger charge is 2.40. The Kier molecular flexibility index (Phi) is 5.49. The smallest absolute Gasteiger partial charge is 0.315 e. The second-order valence-corrected chi connectivity index (χ2v) is 7.89. The van der Waals surface area contributed by atoms with Gasteiger partial charge in [0, 0.05) is 18.9 Å². The van der Waals surface area contributed by atoms with Gasteiger partial charge in [-0.2, -0.15) is 10.2 Å². The summed E-state index contributed by atoms with van der Waals surface area (Å²) in [4.78, 5) is 0. The van der Waals surface area contributed by atoms with E-state index in [0.29, 0.717) is 18.5 Å². The lowest BCUT2D eigenvalue weighted by Crippen LogP contribution is -2.39. The summed E-state index contributed by atoms with van der Waals surface area (Å²) in [5.41, 5.74) is 1.72. The summed E-state index contributed by atoms with van der Waals surface area (Å²) in [7, 11) is 0. The molecule has 0 spiro atoms. The van der Waals surface area contributed by atoms with Crippen LogP contribution in [0.1, 0.15) is 62.6 Å². The predicted octanol–water partition coefficient (Wildman–Crippen LogP) is 5.16. The summed E-state index contributed by atoms with van der Waals surface area (Å²) in [5.74, 6) is -0.504. The van der Waals surface area contributed by atoms with E-state index in [1.807, 2.05) is 6.07 Å². The first-order chi connectivity index (χ1) is 14.5. The van der Waals surface area contributed by atoms with Gasteiger partial charge in [0.15, 0.2) is 0 Å². The first-order valence-electron chi connectivity index (χ1n) is 10.3. The van der Waals surface area contributed by atoms with E-state index in [4.69, 9.17) is 4.42 Å². The molecular formula is C22H25F2N5O. The zero-order valence-corrected chi connectivity index (χ0v) is 17.4. The second-order valence-electron chi connectivity index (χ2n) is 7.89. The quantitative estimate of drug-likeness (QED) is 0.601. The zero-order chi connectivity index (χ0) is 21.3. The molecular weight excluding hydrogens is 388 g/mol. The molecule has 0 saturated carbocycles. The highest BCUT2D eigenvalue weighted by molar-refractivity contribution is 5.62. The van der Waals surface area contributed by atoms with Crippen molar-refractivity contribution >= 4 is 6.01 Å². The summed E-state index contributed by atoms with van der Waals surface area (Å²) in [6, 6.07) is 6.02. The highest BCUT2D eigenvalue weighted by Crippen LogP contribution is 2.46. The molecule has 158 valence electrons. The fraction of sp³-hybridized carbons (Fsp3) is 0.455. The Morgan fingerprint density at radius 1 is 1.13 bits per heavy atom. The van der Waals surface area contributed by atoms with E-state index >= 15 is 0 Å². The molecule has 0 saturated heterocycles. The van der Waals surface area contributed by atoms with Crippen LogP contribution in [0.4, 0.5) is 14.8 Å². The van der Waals surface area contributed by atoms with E-state index in [1.54, 1.807) is 6.92 Å². The number of fused-ring (bicyclic) bond motifs is 1. The standard InChI is InChI=1S/C22H25F2N5O/c1-4-14-9-10-22(5-2,12-25-21-29-26-13(3)30-21)20-15(14)11-18(27-28-20)19-16(23)7-6-8-17(19)24/h6-8,11,14H,4-5,9-10,12H2,1-3H3,(H,25,29). The van der Waals surface area contributed by atoms with Crippen molar-refractivity contribution in [2.45, 2.75) is 57.8 Å². The topological polar surface area (TPSA) is 76.7 Å². The number of hydrogen-bond donors (Lipinski definition) is 1. The summed E-state index contributed by atoms with van der Waals surface area (Å²) >= 11 is 0. The Morgan fingerprint density at radius 3 is 2.53 bits per heavy atom. The molecule has 4 rings (SSSR count). The number of nitrogens with one attached hydrogen (secondary N) is 1. The normalized spacial score (nSPS) is 20.8. The van der Waals surface area contributed by atoms with Gasteiger partial charge in [-0.15, -0.1) is 5.10 Å². The number of aryl methyl sites for hydroxylation is 1. The van der Waals surface area contributed by atoms with Crippen molar-refractivity contribution in [3.8, 4) is 11.3 Å². The molecule has 1 aliphatic carbocycles. The van der Waals surface area contributed by atoms with Crippen molar-refractivity contribution in [1.29, 1.82) is 0 Å². The maximum atomic E-state index is 14.3. The van der Waals surface area contributed by atoms with Crippen LogP contribution in [0.15, 0.2) is 28.7 Å². The largest absolute Gasteiger partial charge is 0.408 e. The van der Waals surface area contributed by atoms with Gasteiger partial charge in [0.2, 0.25) is 5.89 Å². The van der Waals surface area contributed by atoms with Gasteiger partial charge < -0.3 is 9.73 Å². The van der Waals surface area contributed by atoms with Crippen LogP contribution in [0.5, 0.6) is 0 Å². The number of halogens is 2. The molecule has 2 atom stereocenters. The SMILES string of the molecule is CCC1CCC(CC)(CNc2nnc(C)o2)c2nnc(-c3c(F)cccc3F)cc21. The van der Waals surface area contributed by atoms with E-state index in [9.17, 15) is 8.78 Å². The van der Waals surface area contributed by atoms with Crippen LogP contribution in [-0.2, 0) is 5.41 Å². The van der Waals surface area contributed by atoms with Gasteiger partial charge in [-0.25, -0.2) is 8.78 Å². The Balaban J connectivity index is 1.75. The van der Waals surface area contributed by atoms with Crippen LogP contribution in [0.25, 0.3) is 11.3 Å². The van der Waals surface area contributed by atoms with Crippen molar-refractivity contribution in [2.75, 3.05) is 11.9 Å². The third-order valence-electron chi connectivity index (χ3n) is 6.23. The highest BCUT2D eigenvalue weighted by atomic mass is 19.1. The molecule has 2 heterocycles. The molecule has 0 aliphatic heterocycles. The molecule has 1 N–H and O–H groups in total. The van der Waals surface area contributed by atoms with Crippen LogP contribution < -0.4 is 5.32 Å². The number of nitrogens with zero attached hydrogens (tertiary/aromatic N) is 4. The molecule has 1 aromatic carbocycles. The van der Waals surface area contributed by atoms with Gasteiger partial charge >= 0.3 is 6.01 Å². The van der Waals surface area contributed by atoms with Crippen molar-refractivity contribution in [3.63, 3.8) is 0 Å². The Bertz CT molecular complexity index is 1030. The Labute approximate surface area is 174 Å². The van der Waals surface area contributed by atoms with Gasteiger partial charge in [-0.3, -0.25) is 0 Å². The molecule has 2 aromatic heterocycles. The van der Waals surface area contributed by atoms with E-state index in [2.05, 4.69) is 39.6 Å². The molecule has 8 heteroatoms. The molecule has 3 aromatic rings. The number of aromatic nitrogens is 4. The fourth-order valence-electron chi connectivity index (χ4n) is 4.40. The monoisotopic (exact) mass is 413 g/mol. The minimum atomic E-state index is -0.636. The van der Waals surface area contributed by atoms with Crippen molar-refractivity contribution in [3.05, 3.63) is 53.0 Å². The van der Waals surface area contributed by atoms with Gasteiger partial charge in [-0.1, -0.05) is 25.0 Å². The van der Waals surface area contributed by atoms with Crippen LogP contribution in [0.2, 0.25) is 0 Å². The fourth-order valence-corrected chi connectivity index (χ4v) is 4.40. The Hall–Kier alpha value is -2.90. The maximum absolute atomic E-state index is 14.3.